The molecule has 114 valence electrons. The number of ether oxygens (including phenoxy) is 1. The average Bonchev–Trinajstić information content (AvgIpc) is 2.76. The van der Waals surface area contributed by atoms with Crippen LogP contribution in [0.1, 0.15) is 24.1 Å². The number of aromatic nitrogens is 2. The number of aliphatic hydroxyl groups is 2. The number of hydrogen-bond donors (Lipinski definition) is 3. The van der Waals surface area contributed by atoms with Gasteiger partial charge in [-0.25, -0.2) is 4.98 Å². The molecule has 0 saturated carbocycles. The third-order valence-electron chi connectivity index (χ3n) is 3.83. The van der Waals surface area contributed by atoms with Crippen molar-refractivity contribution in [2.24, 2.45) is 5.92 Å². The van der Waals surface area contributed by atoms with Crippen molar-refractivity contribution >= 4 is 0 Å². The fourth-order valence-corrected chi connectivity index (χ4v) is 2.62. The van der Waals surface area contributed by atoms with Crippen molar-refractivity contribution in [3.05, 3.63) is 17.2 Å². The summed E-state index contributed by atoms with van der Waals surface area (Å²) in [5.41, 5.74) is 2.13. The summed E-state index contributed by atoms with van der Waals surface area (Å²) in [4.78, 5) is 9.93. The van der Waals surface area contributed by atoms with E-state index in [1.165, 1.54) is 0 Å². The molecule has 0 aromatic carbocycles. The molecule has 1 aliphatic heterocycles. The number of rotatable bonds is 5. The standard InChI is InChI=1S/C14H25N3O3/c1-4-13-15-9(2)11(16-13)6-17(3)5-10-7-20-8-12(18)14(10)19/h10,12,14,18-19H,4-8H2,1-3H3,(H,15,16)/t10-,12-,14+/m1/s1. The van der Waals surface area contributed by atoms with Crippen LogP contribution in [0.2, 0.25) is 0 Å². The Morgan fingerprint density at radius 3 is 2.80 bits per heavy atom. The lowest BCUT2D eigenvalue weighted by atomic mass is 9.96. The van der Waals surface area contributed by atoms with E-state index >= 15 is 0 Å². The minimum atomic E-state index is -0.777. The predicted octanol–water partition coefficient (Wildman–Crippen LogP) is 0.0805. The first-order valence-electron chi connectivity index (χ1n) is 7.18. The summed E-state index contributed by atoms with van der Waals surface area (Å²) in [5, 5.41) is 19.6. The van der Waals surface area contributed by atoms with Crippen LogP contribution in [0.3, 0.4) is 0 Å². The Labute approximate surface area is 119 Å². The third-order valence-corrected chi connectivity index (χ3v) is 3.83. The van der Waals surface area contributed by atoms with E-state index in [1.807, 2.05) is 14.0 Å². The highest BCUT2D eigenvalue weighted by Gasteiger charge is 2.32. The third kappa shape index (κ3) is 3.58. The first-order valence-corrected chi connectivity index (χ1v) is 7.18. The highest BCUT2D eigenvalue weighted by Crippen LogP contribution is 2.17. The Morgan fingerprint density at radius 2 is 2.15 bits per heavy atom. The van der Waals surface area contributed by atoms with Crippen LogP contribution >= 0.6 is 0 Å². The molecule has 6 nitrogen and oxygen atoms in total. The minimum Gasteiger partial charge on any atom is -0.390 e. The van der Waals surface area contributed by atoms with E-state index in [1.54, 1.807) is 0 Å². The molecule has 0 amide bonds. The van der Waals surface area contributed by atoms with Gasteiger partial charge in [0.25, 0.3) is 0 Å². The van der Waals surface area contributed by atoms with Gasteiger partial charge in [0.2, 0.25) is 0 Å². The van der Waals surface area contributed by atoms with Crippen molar-refractivity contribution < 1.29 is 14.9 Å². The molecule has 3 atom stereocenters. The van der Waals surface area contributed by atoms with E-state index in [0.29, 0.717) is 13.2 Å². The molecular weight excluding hydrogens is 258 g/mol. The van der Waals surface area contributed by atoms with Gasteiger partial charge < -0.3 is 24.8 Å². The SMILES string of the molecule is CCc1nc(CN(C)C[C@@H]2COC[C@@H](O)[C@H]2O)c(C)[nH]1. The second-order valence-electron chi connectivity index (χ2n) is 5.66. The molecule has 2 heterocycles. The molecule has 0 spiro atoms. The summed E-state index contributed by atoms with van der Waals surface area (Å²) in [5.74, 6) is 0.941. The van der Waals surface area contributed by atoms with Gasteiger partial charge in [0.05, 0.1) is 25.0 Å². The maximum absolute atomic E-state index is 9.97. The van der Waals surface area contributed by atoms with Crippen LogP contribution in [-0.2, 0) is 17.7 Å². The second-order valence-corrected chi connectivity index (χ2v) is 5.66. The van der Waals surface area contributed by atoms with E-state index < -0.39 is 12.2 Å². The van der Waals surface area contributed by atoms with E-state index in [-0.39, 0.29) is 12.5 Å². The topological polar surface area (TPSA) is 81.6 Å². The first-order chi connectivity index (χ1) is 9.51. The van der Waals surface area contributed by atoms with Gasteiger partial charge in [-0.1, -0.05) is 6.92 Å². The van der Waals surface area contributed by atoms with Crippen LogP contribution in [0.4, 0.5) is 0 Å². The smallest absolute Gasteiger partial charge is 0.106 e. The Balaban J connectivity index is 1.91. The molecule has 0 aliphatic carbocycles. The van der Waals surface area contributed by atoms with E-state index in [4.69, 9.17) is 4.74 Å². The lowest BCUT2D eigenvalue weighted by molar-refractivity contribution is -0.125. The van der Waals surface area contributed by atoms with E-state index in [0.717, 1.165) is 30.2 Å². The van der Waals surface area contributed by atoms with Crippen LogP contribution in [0.25, 0.3) is 0 Å². The molecule has 1 fully saturated rings. The maximum atomic E-state index is 9.97. The van der Waals surface area contributed by atoms with Gasteiger partial charge in [0, 0.05) is 31.1 Å². The number of nitrogens with zero attached hydrogens (tertiary/aromatic N) is 2. The molecule has 3 N–H and O–H groups in total. The zero-order valence-corrected chi connectivity index (χ0v) is 12.5. The van der Waals surface area contributed by atoms with Gasteiger partial charge in [-0.15, -0.1) is 0 Å². The van der Waals surface area contributed by atoms with E-state index in [9.17, 15) is 10.2 Å². The van der Waals surface area contributed by atoms with Crippen molar-refractivity contribution in [2.45, 2.75) is 39.0 Å². The number of aryl methyl sites for hydroxylation is 2. The van der Waals surface area contributed by atoms with Gasteiger partial charge in [-0.2, -0.15) is 0 Å². The highest BCUT2D eigenvalue weighted by atomic mass is 16.5. The zero-order chi connectivity index (χ0) is 14.7. The molecule has 1 aromatic heterocycles. The van der Waals surface area contributed by atoms with Gasteiger partial charge in [-0.05, 0) is 14.0 Å². The number of nitrogens with one attached hydrogen (secondary N) is 1. The number of H-pyrrole nitrogens is 1. The molecule has 6 heteroatoms. The van der Waals surface area contributed by atoms with Crippen LogP contribution in [0, 0.1) is 12.8 Å². The summed E-state index contributed by atoms with van der Waals surface area (Å²) in [6.45, 7) is 6.20. The summed E-state index contributed by atoms with van der Waals surface area (Å²) >= 11 is 0. The summed E-state index contributed by atoms with van der Waals surface area (Å²) in [6.07, 6.45) is -0.593. The van der Waals surface area contributed by atoms with Gasteiger partial charge in [0.1, 0.15) is 11.9 Å². The summed E-state index contributed by atoms with van der Waals surface area (Å²) in [7, 11) is 1.99. The lowest BCUT2D eigenvalue weighted by Gasteiger charge is -2.34. The Bertz CT molecular complexity index is 435. The summed E-state index contributed by atoms with van der Waals surface area (Å²) < 4.78 is 5.30. The van der Waals surface area contributed by atoms with Crippen LogP contribution < -0.4 is 0 Å². The Morgan fingerprint density at radius 1 is 1.40 bits per heavy atom. The number of hydrogen-bond acceptors (Lipinski definition) is 5. The average molecular weight is 283 g/mol. The molecule has 0 unspecified atom stereocenters. The normalized spacial score (nSPS) is 27.2. The first kappa shape index (κ1) is 15.4. The second kappa shape index (κ2) is 6.67. The molecule has 0 radical (unpaired) electrons. The van der Waals surface area contributed by atoms with Crippen molar-refractivity contribution in [3.63, 3.8) is 0 Å². The molecule has 1 aliphatic rings. The number of imidazole rings is 1. The molecule has 0 bridgehead atoms. The van der Waals surface area contributed by atoms with Gasteiger partial charge in [-0.3, -0.25) is 0 Å². The minimum absolute atomic E-state index is 0.0614. The highest BCUT2D eigenvalue weighted by molar-refractivity contribution is 5.12. The Kier molecular flexibility index (Phi) is 5.15. The van der Waals surface area contributed by atoms with Gasteiger partial charge >= 0.3 is 0 Å². The number of aliphatic hydroxyl groups excluding tert-OH is 2. The van der Waals surface area contributed by atoms with E-state index in [2.05, 4.69) is 21.8 Å². The molecule has 1 saturated heterocycles. The quantitative estimate of drug-likeness (QED) is 0.713. The monoisotopic (exact) mass is 283 g/mol. The Hall–Kier alpha value is -0.950. The molecule has 1 aromatic rings. The largest absolute Gasteiger partial charge is 0.390 e. The fraction of sp³-hybridized carbons (Fsp3) is 0.786. The molecule has 2 rings (SSSR count). The van der Waals surface area contributed by atoms with Crippen molar-refractivity contribution in [3.8, 4) is 0 Å². The van der Waals surface area contributed by atoms with Crippen LogP contribution in [0.15, 0.2) is 0 Å². The summed E-state index contributed by atoms with van der Waals surface area (Å²) in [6, 6.07) is 0. The maximum Gasteiger partial charge on any atom is 0.106 e. The fourth-order valence-electron chi connectivity index (χ4n) is 2.62. The van der Waals surface area contributed by atoms with Crippen molar-refractivity contribution in [2.75, 3.05) is 26.8 Å². The molecule has 20 heavy (non-hydrogen) atoms. The van der Waals surface area contributed by atoms with Crippen LogP contribution in [0.5, 0.6) is 0 Å². The zero-order valence-electron chi connectivity index (χ0n) is 12.5. The number of aromatic amines is 1. The predicted molar refractivity (Wildman–Crippen MR) is 75.4 cm³/mol. The van der Waals surface area contributed by atoms with Gasteiger partial charge in [0.15, 0.2) is 0 Å². The lowest BCUT2D eigenvalue weighted by Crippen LogP contribution is -2.47. The molecular formula is C14H25N3O3. The van der Waals surface area contributed by atoms with Crippen molar-refractivity contribution in [1.29, 1.82) is 0 Å². The van der Waals surface area contributed by atoms with Crippen LogP contribution in [-0.4, -0.2) is 64.1 Å². The van der Waals surface area contributed by atoms with Crippen molar-refractivity contribution in [1.82, 2.24) is 14.9 Å².